The zero-order valence-corrected chi connectivity index (χ0v) is 17.8. The Kier molecular flexibility index (Phi) is 9.26. The number of hydrogen-bond acceptors (Lipinski definition) is 5. The van der Waals surface area contributed by atoms with Crippen LogP contribution < -0.4 is 10.6 Å². The summed E-state index contributed by atoms with van der Waals surface area (Å²) in [4.78, 5) is 21.6. The first-order valence-electron chi connectivity index (χ1n) is 10.0. The van der Waals surface area contributed by atoms with E-state index in [0.717, 1.165) is 23.8 Å². The Morgan fingerprint density at radius 1 is 0.871 bits per heavy atom. The van der Waals surface area contributed by atoms with Gasteiger partial charge in [-0.05, 0) is 47.9 Å². The van der Waals surface area contributed by atoms with Crippen LogP contribution >= 0.6 is 0 Å². The maximum atomic E-state index is 11.1. The standard InChI is InChI=1S/C15H14O.C10H14N2O3/c1-2-12-3-7-14(8-4-12)15-9-5-13(11-16)6-10-15;1-11-6-10(15)12-5-7-2-3-8(13)9(14)4-7/h3-11H,2H2,1H3;2-4,11,13-14H,5-6H2,1H3,(H,12,15). The molecule has 0 radical (unpaired) electrons. The first kappa shape index (κ1) is 23.6. The average Bonchev–Trinajstić information content (AvgIpc) is 2.80. The van der Waals surface area contributed by atoms with Gasteiger partial charge in [0, 0.05) is 12.1 Å². The van der Waals surface area contributed by atoms with Gasteiger partial charge >= 0.3 is 0 Å². The highest BCUT2D eigenvalue weighted by Gasteiger charge is 2.02. The lowest BCUT2D eigenvalue weighted by Crippen LogP contribution is -2.31. The number of benzene rings is 3. The van der Waals surface area contributed by atoms with Gasteiger partial charge in [-0.3, -0.25) is 9.59 Å². The Morgan fingerprint density at radius 2 is 1.45 bits per heavy atom. The van der Waals surface area contributed by atoms with Crippen LogP contribution in [-0.2, 0) is 17.8 Å². The van der Waals surface area contributed by atoms with Crippen molar-refractivity contribution in [2.45, 2.75) is 19.9 Å². The number of rotatable bonds is 7. The molecule has 0 aliphatic heterocycles. The summed E-state index contributed by atoms with van der Waals surface area (Å²) < 4.78 is 0. The summed E-state index contributed by atoms with van der Waals surface area (Å²) in [6.07, 6.45) is 1.92. The Labute approximate surface area is 182 Å². The molecule has 1 amide bonds. The lowest BCUT2D eigenvalue weighted by atomic mass is 10.0. The monoisotopic (exact) mass is 420 g/mol. The van der Waals surface area contributed by atoms with Crippen molar-refractivity contribution in [3.63, 3.8) is 0 Å². The highest BCUT2D eigenvalue weighted by atomic mass is 16.3. The van der Waals surface area contributed by atoms with Crippen molar-refractivity contribution in [3.8, 4) is 22.6 Å². The zero-order chi connectivity index (χ0) is 22.6. The summed E-state index contributed by atoms with van der Waals surface area (Å²) in [6.45, 7) is 2.73. The highest BCUT2D eigenvalue weighted by molar-refractivity contribution is 5.78. The lowest BCUT2D eigenvalue weighted by molar-refractivity contribution is -0.120. The van der Waals surface area contributed by atoms with Gasteiger partial charge in [0.2, 0.25) is 5.91 Å². The number of carbonyl (C=O) groups excluding carboxylic acids is 2. The number of hydrogen-bond donors (Lipinski definition) is 4. The predicted molar refractivity (Wildman–Crippen MR) is 122 cm³/mol. The van der Waals surface area contributed by atoms with Crippen molar-refractivity contribution in [1.82, 2.24) is 10.6 Å². The maximum Gasteiger partial charge on any atom is 0.234 e. The fourth-order valence-corrected chi connectivity index (χ4v) is 2.79. The first-order valence-corrected chi connectivity index (χ1v) is 10.0. The maximum absolute atomic E-state index is 11.1. The van der Waals surface area contributed by atoms with Crippen molar-refractivity contribution >= 4 is 12.2 Å². The van der Waals surface area contributed by atoms with E-state index in [2.05, 4.69) is 41.8 Å². The minimum Gasteiger partial charge on any atom is -0.504 e. The molecule has 4 N–H and O–H groups in total. The third-order valence-electron chi connectivity index (χ3n) is 4.61. The number of aromatic hydroxyl groups is 2. The van der Waals surface area contributed by atoms with E-state index < -0.39 is 0 Å². The first-order chi connectivity index (χ1) is 15.0. The zero-order valence-electron chi connectivity index (χ0n) is 17.8. The van der Waals surface area contributed by atoms with E-state index in [0.29, 0.717) is 12.1 Å². The SMILES string of the molecule is CCc1ccc(-c2ccc(C=O)cc2)cc1.CNCC(=O)NCc1ccc(O)c(O)c1. The second-order valence-corrected chi connectivity index (χ2v) is 6.92. The Morgan fingerprint density at radius 3 is 1.97 bits per heavy atom. The number of phenols is 2. The van der Waals surface area contributed by atoms with Crippen LogP contribution in [0, 0.1) is 0 Å². The normalized spacial score (nSPS) is 10.0. The Hall–Kier alpha value is -3.64. The third kappa shape index (κ3) is 7.60. The van der Waals surface area contributed by atoms with Crippen LogP contribution in [0.3, 0.4) is 0 Å². The fraction of sp³-hybridized carbons (Fsp3) is 0.200. The van der Waals surface area contributed by atoms with E-state index in [1.54, 1.807) is 13.1 Å². The van der Waals surface area contributed by atoms with Gasteiger partial charge in [0.1, 0.15) is 6.29 Å². The van der Waals surface area contributed by atoms with Gasteiger partial charge in [-0.15, -0.1) is 0 Å². The number of likely N-dealkylation sites (N-methyl/N-ethyl adjacent to an activating group) is 1. The van der Waals surface area contributed by atoms with Gasteiger partial charge in [0.15, 0.2) is 11.5 Å². The minimum absolute atomic E-state index is 0.120. The number of phenolic OH excluding ortho intramolecular Hbond substituents is 2. The van der Waals surface area contributed by atoms with Crippen molar-refractivity contribution in [2.24, 2.45) is 0 Å². The molecule has 3 aromatic carbocycles. The van der Waals surface area contributed by atoms with Gasteiger partial charge in [-0.25, -0.2) is 0 Å². The molecule has 0 spiro atoms. The van der Waals surface area contributed by atoms with Crippen molar-refractivity contribution < 1.29 is 19.8 Å². The van der Waals surface area contributed by atoms with E-state index in [-0.39, 0.29) is 24.0 Å². The van der Waals surface area contributed by atoms with E-state index in [1.807, 2.05) is 24.3 Å². The summed E-state index contributed by atoms with van der Waals surface area (Å²) in [5.41, 5.74) is 5.12. The molecule has 0 unspecified atom stereocenters. The molecule has 0 aliphatic carbocycles. The van der Waals surface area contributed by atoms with Crippen LogP contribution in [0.1, 0.15) is 28.4 Å². The molecule has 3 rings (SSSR count). The Bertz CT molecular complexity index is 983. The summed E-state index contributed by atoms with van der Waals surface area (Å²) in [5.74, 6) is -0.472. The van der Waals surface area contributed by atoms with Crippen molar-refractivity contribution in [3.05, 3.63) is 83.4 Å². The van der Waals surface area contributed by atoms with Gasteiger partial charge in [-0.1, -0.05) is 61.5 Å². The van der Waals surface area contributed by atoms with Crippen LogP contribution in [-0.4, -0.2) is 36.0 Å². The summed E-state index contributed by atoms with van der Waals surface area (Å²) >= 11 is 0. The van der Waals surface area contributed by atoms with E-state index in [4.69, 9.17) is 5.11 Å². The molecule has 162 valence electrons. The second-order valence-electron chi connectivity index (χ2n) is 6.92. The highest BCUT2D eigenvalue weighted by Crippen LogP contribution is 2.24. The molecule has 31 heavy (non-hydrogen) atoms. The molecule has 6 nitrogen and oxygen atoms in total. The molecule has 0 aliphatic rings. The lowest BCUT2D eigenvalue weighted by Gasteiger charge is -2.05. The van der Waals surface area contributed by atoms with E-state index >= 15 is 0 Å². The number of aryl methyl sites for hydroxylation is 1. The number of amides is 1. The van der Waals surface area contributed by atoms with E-state index in [1.165, 1.54) is 23.3 Å². The number of aldehydes is 1. The fourth-order valence-electron chi connectivity index (χ4n) is 2.79. The molecular formula is C25H28N2O4. The van der Waals surface area contributed by atoms with E-state index in [9.17, 15) is 14.7 Å². The smallest absolute Gasteiger partial charge is 0.234 e. The largest absolute Gasteiger partial charge is 0.504 e. The second kappa shape index (κ2) is 12.1. The molecule has 0 saturated carbocycles. The molecule has 0 bridgehead atoms. The molecule has 3 aromatic rings. The van der Waals surface area contributed by atoms with Gasteiger partial charge in [0.05, 0.1) is 6.54 Å². The van der Waals surface area contributed by atoms with Crippen LogP contribution in [0.15, 0.2) is 66.7 Å². The quantitative estimate of drug-likeness (QED) is 0.345. The molecule has 0 atom stereocenters. The molecule has 0 aromatic heterocycles. The third-order valence-corrected chi connectivity index (χ3v) is 4.61. The Balaban J connectivity index is 0.000000221. The summed E-state index contributed by atoms with van der Waals surface area (Å²) in [7, 11) is 1.69. The van der Waals surface area contributed by atoms with Crippen molar-refractivity contribution in [2.75, 3.05) is 13.6 Å². The van der Waals surface area contributed by atoms with Gasteiger partial charge < -0.3 is 20.8 Å². The molecule has 0 saturated heterocycles. The predicted octanol–water partition coefficient (Wildman–Crippen LogP) is 3.66. The average molecular weight is 421 g/mol. The molecule has 6 heteroatoms. The number of carbonyl (C=O) groups is 2. The van der Waals surface area contributed by atoms with Crippen LogP contribution in [0.2, 0.25) is 0 Å². The van der Waals surface area contributed by atoms with Crippen LogP contribution in [0.25, 0.3) is 11.1 Å². The number of nitrogens with one attached hydrogen (secondary N) is 2. The van der Waals surface area contributed by atoms with Crippen LogP contribution in [0.4, 0.5) is 0 Å². The van der Waals surface area contributed by atoms with Crippen LogP contribution in [0.5, 0.6) is 11.5 Å². The molecule has 0 fully saturated rings. The minimum atomic E-state index is -0.185. The topological polar surface area (TPSA) is 98.7 Å². The van der Waals surface area contributed by atoms with Gasteiger partial charge in [0.25, 0.3) is 0 Å². The summed E-state index contributed by atoms with van der Waals surface area (Å²) in [5, 5.41) is 23.6. The van der Waals surface area contributed by atoms with Gasteiger partial charge in [-0.2, -0.15) is 0 Å². The molecule has 0 heterocycles. The van der Waals surface area contributed by atoms with Crippen molar-refractivity contribution in [1.29, 1.82) is 0 Å². The summed E-state index contributed by atoms with van der Waals surface area (Å²) in [6, 6.07) is 20.6. The molecular weight excluding hydrogens is 392 g/mol.